The normalized spacial score (nSPS) is 10.2. The molecule has 0 N–H and O–H groups in total. The summed E-state index contributed by atoms with van der Waals surface area (Å²) in [5.74, 6) is -0.804. The lowest BCUT2D eigenvalue weighted by molar-refractivity contribution is -0.139. The van der Waals surface area contributed by atoms with Crippen LogP contribution in [-0.2, 0) is 21.8 Å². The lowest BCUT2D eigenvalue weighted by Crippen LogP contribution is -2.11. The Labute approximate surface area is 107 Å². The van der Waals surface area contributed by atoms with E-state index < -0.39 is 24.4 Å². The molecule has 0 fully saturated rings. The van der Waals surface area contributed by atoms with Crippen LogP contribution < -0.4 is 0 Å². The summed E-state index contributed by atoms with van der Waals surface area (Å²) in [6.45, 7) is 0. The van der Waals surface area contributed by atoms with Gasteiger partial charge in [0.25, 0.3) is 6.43 Å². The minimum absolute atomic E-state index is 0.0904. The number of carbonyl (C=O) groups excluding carboxylic acids is 1. The van der Waals surface area contributed by atoms with E-state index in [0.29, 0.717) is 0 Å². The van der Waals surface area contributed by atoms with Crippen LogP contribution >= 0.6 is 11.6 Å². The van der Waals surface area contributed by atoms with Gasteiger partial charge in [0.2, 0.25) is 0 Å². The third-order valence-corrected chi connectivity index (χ3v) is 2.51. The van der Waals surface area contributed by atoms with Crippen LogP contribution in [0.5, 0.6) is 0 Å². The van der Waals surface area contributed by atoms with Crippen molar-refractivity contribution in [1.82, 2.24) is 4.98 Å². The zero-order valence-corrected chi connectivity index (χ0v) is 10.2. The van der Waals surface area contributed by atoms with Gasteiger partial charge < -0.3 is 4.74 Å². The quantitative estimate of drug-likeness (QED) is 0.624. The molecule has 0 aliphatic heterocycles. The van der Waals surface area contributed by atoms with Gasteiger partial charge in [-0.05, 0) is 6.07 Å². The molecular weight excluding hydrogens is 266 g/mol. The molecule has 0 aromatic carbocycles. The van der Waals surface area contributed by atoms with Crippen LogP contribution in [0.3, 0.4) is 0 Å². The first kappa shape index (κ1) is 14.3. The standard InChI is InChI=1S/C11H9ClF2N2O2/c1-18-10(17)3-7-8(11(13)14)2-6(4-12)16-9(7)5-15/h2,11H,3-4H2,1H3. The summed E-state index contributed by atoms with van der Waals surface area (Å²) in [5.41, 5.74) is -0.596. The summed E-state index contributed by atoms with van der Waals surface area (Å²) in [7, 11) is 1.14. The maximum Gasteiger partial charge on any atom is 0.310 e. The van der Waals surface area contributed by atoms with Gasteiger partial charge in [0.05, 0.1) is 25.1 Å². The summed E-state index contributed by atoms with van der Waals surface area (Å²) in [5, 5.41) is 8.88. The second-order valence-electron chi connectivity index (χ2n) is 3.33. The second kappa shape index (κ2) is 6.26. The lowest BCUT2D eigenvalue weighted by Gasteiger charge is -2.10. The van der Waals surface area contributed by atoms with Crippen LogP contribution in [0.4, 0.5) is 8.78 Å². The number of rotatable bonds is 4. The van der Waals surface area contributed by atoms with E-state index in [2.05, 4.69) is 9.72 Å². The highest BCUT2D eigenvalue weighted by Crippen LogP contribution is 2.26. The van der Waals surface area contributed by atoms with E-state index in [1.54, 1.807) is 6.07 Å². The number of pyridine rings is 1. The van der Waals surface area contributed by atoms with Crippen molar-refractivity contribution in [1.29, 1.82) is 5.26 Å². The van der Waals surface area contributed by atoms with Gasteiger partial charge in [-0.1, -0.05) is 0 Å². The third kappa shape index (κ3) is 3.14. The number of nitriles is 1. The Morgan fingerprint density at radius 3 is 2.78 bits per heavy atom. The highest BCUT2D eigenvalue weighted by Gasteiger charge is 2.21. The molecule has 0 amide bonds. The molecule has 0 saturated carbocycles. The molecule has 0 unspecified atom stereocenters. The van der Waals surface area contributed by atoms with Gasteiger partial charge in [-0.15, -0.1) is 11.6 Å². The van der Waals surface area contributed by atoms with E-state index in [9.17, 15) is 13.6 Å². The van der Waals surface area contributed by atoms with Crippen LogP contribution in [0.1, 0.15) is 28.9 Å². The fourth-order valence-electron chi connectivity index (χ4n) is 1.40. The van der Waals surface area contributed by atoms with Gasteiger partial charge in [0, 0.05) is 11.1 Å². The summed E-state index contributed by atoms with van der Waals surface area (Å²) in [4.78, 5) is 15.0. The average molecular weight is 275 g/mol. The summed E-state index contributed by atoms with van der Waals surface area (Å²) < 4.78 is 30.2. The summed E-state index contributed by atoms with van der Waals surface area (Å²) >= 11 is 5.51. The maximum absolute atomic E-state index is 12.9. The van der Waals surface area contributed by atoms with E-state index >= 15 is 0 Å². The van der Waals surface area contributed by atoms with E-state index in [-0.39, 0.29) is 22.8 Å². The first-order chi connectivity index (χ1) is 8.53. The Hall–Kier alpha value is -1.74. The van der Waals surface area contributed by atoms with Crippen LogP contribution in [0.25, 0.3) is 0 Å². The minimum Gasteiger partial charge on any atom is -0.469 e. The van der Waals surface area contributed by atoms with Crippen molar-refractivity contribution >= 4 is 17.6 Å². The summed E-state index contributed by atoms with van der Waals surface area (Å²) in [6, 6.07) is 2.78. The van der Waals surface area contributed by atoms with Crippen molar-refractivity contribution in [3.63, 3.8) is 0 Å². The zero-order valence-electron chi connectivity index (χ0n) is 9.41. The van der Waals surface area contributed by atoms with E-state index in [4.69, 9.17) is 16.9 Å². The second-order valence-corrected chi connectivity index (χ2v) is 3.60. The van der Waals surface area contributed by atoms with Crippen molar-refractivity contribution < 1.29 is 18.3 Å². The molecule has 1 aromatic heterocycles. The average Bonchev–Trinajstić information content (AvgIpc) is 2.38. The number of halogens is 3. The number of esters is 1. The van der Waals surface area contributed by atoms with Gasteiger partial charge in [-0.25, -0.2) is 13.8 Å². The highest BCUT2D eigenvalue weighted by molar-refractivity contribution is 6.16. The van der Waals surface area contributed by atoms with Gasteiger partial charge in [-0.3, -0.25) is 4.79 Å². The minimum atomic E-state index is -2.82. The van der Waals surface area contributed by atoms with Gasteiger partial charge in [0.1, 0.15) is 11.8 Å². The van der Waals surface area contributed by atoms with Crippen LogP contribution in [0, 0.1) is 11.3 Å². The molecule has 0 saturated heterocycles. The van der Waals surface area contributed by atoms with Crippen molar-refractivity contribution in [3.05, 3.63) is 28.6 Å². The summed E-state index contributed by atoms with van der Waals surface area (Å²) in [6.07, 6.45) is -3.24. The first-order valence-corrected chi connectivity index (χ1v) is 5.40. The monoisotopic (exact) mass is 274 g/mol. The first-order valence-electron chi connectivity index (χ1n) is 4.87. The van der Waals surface area contributed by atoms with Crippen LogP contribution in [0.15, 0.2) is 6.07 Å². The Bertz CT molecular complexity index is 501. The number of ether oxygens (including phenoxy) is 1. The smallest absolute Gasteiger partial charge is 0.310 e. The highest BCUT2D eigenvalue weighted by atomic mass is 35.5. The number of hydrogen-bond donors (Lipinski definition) is 0. The molecular formula is C11H9ClF2N2O2. The Balaban J connectivity index is 3.36. The molecule has 18 heavy (non-hydrogen) atoms. The SMILES string of the molecule is COC(=O)Cc1c(C(F)F)cc(CCl)nc1C#N. The molecule has 0 bridgehead atoms. The molecule has 7 heteroatoms. The number of alkyl halides is 3. The van der Waals surface area contributed by atoms with Crippen molar-refractivity contribution in [2.45, 2.75) is 18.7 Å². The predicted molar refractivity (Wildman–Crippen MR) is 59.2 cm³/mol. The molecule has 4 nitrogen and oxygen atoms in total. The molecule has 1 heterocycles. The van der Waals surface area contributed by atoms with Crippen molar-refractivity contribution in [3.8, 4) is 6.07 Å². The van der Waals surface area contributed by atoms with Gasteiger partial charge in [-0.2, -0.15) is 5.26 Å². The number of aromatic nitrogens is 1. The number of methoxy groups -OCH3 is 1. The van der Waals surface area contributed by atoms with Gasteiger partial charge in [0.15, 0.2) is 0 Å². The van der Waals surface area contributed by atoms with Crippen LogP contribution in [0.2, 0.25) is 0 Å². The molecule has 0 radical (unpaired) electrons. The Morgan fingerprint density at radius 1 is 1.67 bits per heavy atom. The zero-order chi connectivity index (χ0) is 13.7. The van der Waals surface area contributed by atoms with Gasteiger partial charge >= 0.3 is 5.97 Å². The molecule has 96 valence electrons. The largest absolute Gasteiger partial charge is 0.469 e. The fraction of sp³-hybridized carbons (Fsp3) is 0.364. The number of nitrogens with zero attached hydrogens (tertiary/aromatic N) is 2. The third-order valence-electron chi connectivity index (χ3n) is 2.24. The lowest BCUT2D eigenvalue weighted by atomic mass is 10.0. The maximum atomic E-state index is 12.9. The Kier molecular flexibility index (Phi) is 4.98. The fourth-order valence-corrected chi connectivity index (χ4v) is 1.54. The molecule has 0 aliphatic rings. The van der Waals surface area contributed by atoms with E-state index in [1.807, 2.05) is 0 Å². The molecule has 0 atom stereocenters. The Morgan fingerprint density at radius 2 is 2.33 bits per heavy atom. The predicted octanol–water partition coefficient (Wildman–Crippen LogP) is 2.35. The number of hydrogen-bond acceptors (Lipinski definition) is 4. The van der Waals surface area contributed by atoms with E-state index in [0.717, 1.165) is 13.2 Å². The van der Waals surface area contributed by atoms with E-state index in [1.165, 1.54) is 0 Å². The topological polar surface area (TPSA) is 63.0 Å². The molecule has 1 rings (SSSR count). The van der Waals surface area contributed by atoms with Crippen molar-refractivity contribution in [2.75, 3.05) is 7.11 Å². The molecule has 0 aliphatic carbocycles. The van der Waals surface area contributed by atoms with Crippen LogP contribution in [-0.4, -0.2) is 18.1 Å². The molecule has 1 aromatic rings. The number of carbonyl (C=O) groups is 1. The molecule has 0 spiro atoms. The van der Waals surface area contributed by atoms with Crippen molar-refractivity contribution in [2.24, 2.45) is 0 Å².